The quantitative estimate of drug-likeness (QED) is 0.501. The van der Waals surface area contributed by atoms with Gasteiger partial charge in [0.2, 0.25) is 0 Å². The van der Waals surface area contributed by atoms with E-state index in [0.717, 1.165) is 40.1 Å². The smallest absolute Gasteiger partial charge is 0.110 e. The van der Waals surface area contributed by atoms with Gasteiger partial charge in [-0.1, -0.05) is 32.0 Å². The van der Waals surface area contributed by atoms with Crippen molar-refractivity contribution in [2.24, 2.45) is 0 Å². The van der Waals surface area contributed by atoms with Crippen molar-refractivity contribution in [1.82, 2.24) is 19.9 Å². The number of H-pyrrole nitrogens is 2. The van der Waals surface area contributed by atoms with Gasteiger partial charge in [-0.25, -0.2) is 9.97 Å². The van der Waals surface area contributed by atoms with Crippen LogP contribution in [0.1, 0.15) is 60.4 Å². The maximum Gasteiger partial charge on any atom is 0.110 e. The van der Waals surface area contributed by atoms with Crippen molar-refractivity contribution in [3.8, 4) is 0 Å². The van der Waals surface area contributed by atoms with Crippen molar-refractivity contribution >= 4 is 22.1 Å². The number of aromatic amines is 2. The molecule has 2 N–H and O–H groups in total. The van der Waals surface area contributed by atoms with Crippen LogP contribution in [0.25, 0.3) is 22.1 Å². The van der Waals surface area contributed by atoms with E-state index < -0.39 is 0 Å². The minimum absolute atomic E-state index is 0.339. The summed E-state index contributed by atoms with van der Waals surface area (Å²) in [5.41, 5.74) is 8.19. The minimum Gasteiger partial charge on any atom is -0.342 e. The average Bonchev–Trinajstić information content (AvgIpc) is 3.23. The molecule has 2 heterocycles. The van der Waals surface area contributed by atoms with Crippen LogP contribution in [0.4, 0.5) is 0 Å². The van der Waals surface area contributed by atoms with Crippen molar-refractivity contribution in [2.75, 3.05) is 0 Å². The monoisotopic (exact) mass is 346 g/mol. The summed E-state index contributed by atoms with van der Waals surface area (Å²) in [5.74, 6) is 2.80. The number of rotatable bonds is 4. The predicted octanol–water partition coefficient (Wildman–Crippen LogP) is 5.66. The van der Waals surface area contributed by atoms with Gasteiger partial charge in [0.15, 0.2) is 0 Å². The van der Waals surface area contributed by atoms with Gasteiger partial charge in [-0.3, -0.25) is 0 Å². The lowest BCUT2D eigenvalue weighted by Gasteiger charge is -2.13. The number of benzene rings is 2. The van der Waals surface area contributed by atoms with Gasteiger partial charge in [-0.05, 0) is 56.0 Å². The van der Waals surface area contributed by atoms with Crippen LogP contribution in [0.15, 0.2) is 30.3 Å². The van der Waals surface area contributed by atoms with Crippen LogP contribution in [0, 0.1) is 20.8 Å². The first-order valence-corrected chi connectivity index (χ1v) is 9.35. The van der Waals surface area contributed by atoms with Crippen LogP contribution in [-0.2, 0) is 0 Å². The van der Waals surface area contributed by atoms with E-state index in [1.54, 1.807) is 0 Å². The van der Waals surface area contributed by atoms with Crippen molar-refractivity contribution in [1.29, 1.82) is 0 Å². The minimum atomic E-state index is 0.339. The van der Waals surface area contributed by atoms with Crippen LogP contribution in [0.2, 0.25) is 0 Å². The summed E-state index contributed by atoms with van der Waals surface area (Å²) in [4.78, 5) is 16.7. The summed E-state index contributed by atoms with van der Waals surface area (Å²) in [6.45, 7) is 10.9. The van der Waals surface area contributed by atoms with E-state index in [1.165, 1.54) is 16.7 Å². The van der Waals surface area contributed by atoms with Crippen molar-refractivity contribution in [3.63, 3.8) is 0 Å². The molecule has 0 bridgehead atoms. The molecule has 4 heteroatoms. The largest absolute Gasteiger partial charge is 0.342 e. The van der Waals surface area contributed by atoms with Gasteiger partial charge >= 0.3 is 0 Å². The van der Waals surface area contributed by atoms with Crippen molar-refractivity contribution < 1.29 is 0 Å². The van der Waals surface area contributed by atoms with Crippen LogP contribution < -0.4 is 0 Å². The van der Waals surface area contributed by atoms with E-state index in [2.05, 4.69) is 74.9 Å². The molecular formula is C22H26N4. The van der Waals surface area contributed by atoms with E-state index in [4.69, 9.17) is 9.97 Å². The average molecular weight is 346 g/mol. The standard InChI is InChI=1S/C22H26N4/c1-12-9-10-18-20(16(12)5)26-22(24-18)15(4)11-14(3)21-23-17-8-6-7-13(2)19(17)25-21/h6-10,14-15H,11H2,1-5H3,(H,23,25)(H,24,26). The van der Waals surface area contributed by atoms with Gasteiger partial charge < -0.3 is 9.97 Å². The lowest BCUT2D eigenvalue weighted by molar-refractivity contribution is 0.557. The molecule has 26 heavy (non-hydrogen) atoms. The van der Waals surface area contributed by atoms with Gasteiger partial charge in [0.25, 0.3) is 0 Å². The van der Waals surface area contributed by atoms with E-state index in [1.807, 2.05) is 0 Å². The lowest BCUT2D eigenvalue weighted by Crippen LogP contribution is -2.04. The molecule has 0 saturated carbocycles. The van der Waals surface area contributed by atoms with Crippen molar-refractivity contribution in [3.05, 3.63) is 58.7 Å². The molecule has 134 valence electrons. The highest BCUT2D eigenvalue weighted by Gasteiger charge is 2.19. The molecule has 0 aliphatic carbocycles. The fourth-order valence-electron chi connectivity index (χ4n) is 3.75. The second kappa shape index (κ2) is 6.27. The third-order valence-corrected chi connectivity index (χ3v) is 5.57. The zero-order valence-corrected chi connectivity index (χ0v) is 16.1. The van der Waals surface area contributed by atoms with Gasteiger partial charge in [0, 0.05) is 11.8 Å². The number of nitrogens with zero attached hydrogens (tertiary/aromatic N) is 2. The van der Waals surface area contributed by atoms with Crippen LogP contribution in [0.5, 0.6) is 0 Å². The van der Waals surface area contributed by atoms with E-state index in [9.17, 15) is 0 Å². The molecule has 0 fully saturated rings. The molecule has 2 aromatic heterocycles. The highest BCUT2D eigenvalue weighted by Crippen LogP contribution is 2.30. The summed E-state index contributed by atoms with van der Waals surface area (Å²) in [7, 11) is 0. The maximum atomic E-state index is 4.89. The normalized spacial score (nSPS) is 14.2. The van der Waals surface area contributed by atoms with Gasteiger partial charge in [-0.15, -0.1) is 0 Å². The van der Waals surface area contributed by atoms with E-state index >= 15 is 0 Å². The first-order chi connectivity index (χ1) is 12.4. The second-order valence-electron chi connectivity index (χ2n) is 7.66. The highest BCUT2D eigenvalue weighted by atomic mass is 14.9. The second-order valence-corrected chi connectivity index (χ2v) is 7.66. The van der Waals surface area contributed by atoms with Crippen LogP contribution in [-0.4, -0.2) is 19.9 Å². The summed E-state index contributed by atoms with van der Waals surface area (Å²) in [5, 5.41) is 0. The molecular weight excluding hydrogens is 320 g/mol. The first-order valence-electron chi connectivity index (χ1n) is 9.35. The Hall–Kier alpha value is -2.62. The Morgan fingerprint density at radius 1 is 0.769 bits per heavy atom. The maximum absolute atomic E-state index is 4.89. The van der Waals surface area contributed by atoms with Gasteiger partial charge in [0.1, 0.15) is 11.6 Å². The Labute approximate surface area is 154 Å². The van der Waals surface area contributed by atoms with Crippen molar-refractivity contribution in [2.45, 2.75) is 52.9 Å². The molecule has 0 radical (unpaired) electrons. The number of nitrogens with one attached hydrogen (secondary N) is 2. The topological polar surface area (TPSA) is 57.4 Å². The molecule has 0 aliphatic heterocycles. The number of imidazole rings is 2. The molecule has 0 saturated heterocycles. The van der Waals surface area contributed by atoms with E-state index in [0.29, 0.717) is 11.8 Å². The predicted molar refractivity (Wildman–Crippen MR) is 108 cm³/mol. The van der Waals surface area contributed by atoms with Gasteiger partial charge in [0.05, 0.1) is 22.1 Å². The third-order valence-electron chi connectivity index (χ3n) is 5.57. The molecule has 0 spiro atoms. The fraction of sp³-hybridized carbons (Fsp3) is 0.364. The summed E-state index contributed by atoms with van der Waals surface area (Å²) < 4.78 is 0. The Bertz CT molecular complexity index is 1090. The molecule has 2 aromatic carbocycles. The SMILES string of the molecule is Cc1ccc2[nH]c(C(C)CC(C)c3nc4c(C)cccc4[nH]3)nc2c1C. The first kappa shape index (κ1) is 16.8. The number of fused-ring (bicyclic) bond motifs is 2. The number of hydrogen-bond acceptors (Lipinski definition) is 2. The zero-order chi connectivity index (χ0) is 18.4. The molecule has 4 aromatic rings. The molecule has 4 nitrogen and oxygen atoms in total. The number of aryl methyl sites for hydroxylation is 3. The molecule has 2 unspecified atom stereocenters. The third kappa shape index (κ3) is 2.79. The van der Waals surface area contributed by atoms with E-state index in [-0.39, 0.29) is 0 Å². The molecule has 4 rings (SSSR count). The van der Waals surface area contributed by atoms with Crippen LogP contribution in [0.3, 0.4) is 0 Å². The zero-order valence-electron chi connectivity index (χ0n) is 16.1. The Balaban J connectivity index is 1.59. The summed E-state index contributed by atoms with van der Waals surface area (Å²) >= 11 is 0. The van der Waals surface area contributed by atoms with Gasteiger partial charge in [-0.2, -0.15) is 0 Å². The lowest BCUT2D eigenvalue weighted by atomic mass is 9.96. The number of para-hydroxylation sites is 1. The molecule has 2 atom stereocenters. The highest BCUT2D eigenvalue weighted by molar-refractivity contribution is 5.80. The van der Waals surface area contributed by atoms with Crippen LogP contribution >= 0.6 is 0 Å². The summed E-state index contributed by atoms with van der Waals surface area (Å²) in [6, 6.07) is 10.6. The molecule has 0 amide bonds. The molecule has 0 aliphatic rings. The Kier molecular flexibility index (Phi) is 4.06. The Morgan fingerprint density at radius 3 is 2.04 bits per heavy atom. The number of aromatic nitrogens is 4. The fourth-order valence-corrected chi connectivity index (χ4v) is 3.75. The summed E-state index contributed by atoms with van der Waals surface area (Å²) in [6.07, 6.45) is 0.997. The Morgan fingerprint density at radius 2 is 1.38 bits per heavy atom. The number of hydrogen-bond donors (Lipinski definition) is 2.